The summed E-state index contributed by atoms with van der Waals surface area (Å²) in [5.74, 6) is 0.980. The highest BCUT2D eigenvalue weighted by molar-refractivity contribution is 5.74. The molecule has 2 aliphatic rings. The summed E-state index contributed by atoms with van der Waals surface area (Å²) in [4.78, 5) is 21.3. The number of aliphatic carboxylic acids is 1. The van der Waals surface area contributed by atoms with Crippen molar-refractivity contribution in [3.05, 3.63) is 23.9 Å². The zero-order valence-corrected chi connectivity index (χ0v) is 17.2. The lowest BCUT2D eigenvalue weighted by molar-refractivity contribution is -0.151. The highest BCUT2D eigenvalue weighted by Gasteiger charge is 2.40. The lowest BCUT2D eigenvalue weighted by atomic mass is 9.72. The fourth-order valence-corrected chi connectivity index (χ4v) is 4.61. The summed E-state index contributed by atoms with van der Waals surface area (Å²) >= 11 is 0. The molecule has 0 bridgehead atoms. The van der Waals surface area contributed by atoms with Crippen LogP contribution in [0.1, 0.15) is 70.3 Å². The predicted molar refractivity (Wildman–Crippen MR) is 109 cm³/mol. The van der Waals surface area contributed by atoms with Gasteiger partial charge in [0.15, 0.2) is 0 Å². The van der Waals surface area contributed by atoms with E-state index >= 15 is 0 Å². The molecular weight excluding hydrogens is 338 g/mol. The van der Waals surface area contributed by atoms with E-state index in [1.807, 2.05) is 6.20 Å². The van der Waals surface area contributed by atoms with Crippen molar-refractivity contribution in [1.29, 1.82) is 0 Å². The molecule has 2 fully saturated rings. The van der Waals surface area contributed by atoms with Crippen molar-refractivity contribution in [1.82, 2.24) is 9.88 Å². The standard InChI is InChI=1S/C22H35N3O2/c1-17(2)18-7-8-20(23-15-18)25-13-9-19(16-25)24(3)14-12-22(21(26)27)10-5-4-6-11-22/h7-8,15,17,19H,4-6,9-14,16H2,1-3H3,(H,26,27). The first-order valence-corrected chi connectivity index (χ1v) is 10.6. The van der Waals surface area contributed by atoms with Crippen LogP contribution in [0.25, 0.3) is 0 Å². The largest absolute Gasteiger partial charge is 0.481 e. The molecule has 0 radical (unpaired) electrons. The molecule has 1 aromatic heterocycles. The maximum atomic E-state index is 11.9. The van der Waals surface area contributed by atoms with Crippen molar-refractivity contribution in [2.24, 2.45) is 5.41 Å². The normalized spacial score (nSPS) is 22.6. The molecule has 1 atom stereocenters. The number of rotatable bonds is 7. The van der Waals surface area contributed by atoms with E-state index in [0.717, 1.165) is 64.0 Å². The summed E-state index contributed by atoms with van der Waals surface area (Å²) in [6, 6.07) is 4.80. The number of likely N-dealkylation sites (N-methyl/N-ethyl adjacent to an activating group) is 1. The second kappa shape index (κ2) is 8.59. The maximum absolute atomic E-state index is 11.9. The molecule has 150 valence electrons. The molecule has 5 heteroatoms. The molecule has 1 aromatic rings. The number of carbonyl (C=O) groups is 1. The molecule has 1 saturated carbocycles. The van der Waals surface area contributed by atoms with Gasteiger partial charge in [-0.3, -0.25) is 4.79 Å². The first kappa shape index (κ1) is 20.1. The Labute approximate surface area is 163 Å². The summed E-state index contributed by atoms with van der Waals surface area (Å²) in [7, 11) is 2.15. The predicted octanol–water partition coefficient (Wildman–Crippen LogP) is 4.14. The van der Waals surface area contributed by atoms with Gasteiger partial charge in [0.05, 0.1) is 5.41 Å². The molecule has 5 nitrogen and oxygen atoms in total. The van der Waals surface area contributed by atoms with Crippen LogP contribution in [0.5, 0.6) is 0 Å². The fourth-order valence-electron chi connectivity index (χ4n) is 4.61. The molecule has 0 amide bonds. The lowest BCUT2D eigenvalue weighted by Gasteiger charge is -2.35. The van der Waals surface area contributed by atoms with Gasteiger partial charge in [0, 0.05) is 25.3 Å². The van der Waals surface area contributed by atoms with Crippen LogP contribution >= 0.6 is 0 Å². The molecule has 1 saturated heterocycles. The Balaban J connectivity index is 1.54. The smallest absolute Gasteiger partial charge is 0.309 e. The first-order valence-electron chi connectivity index (χ1n) is 10.6. The van der Waals surface area contributed by atoms with Crippen LogP contribution in [-0.2, 0) is 4.79 Å². The van der Waals surface area contributed by atoms with Crippen LogP contribution in [0.2, 0.25) is 0 Å². The van der Waals surface area contributed by atoms with Gasteiger partial charge in [-0.05, 0) is 56.8 Å². The average molecular weight is 374 g/mol. The molecule has 2 heterocycles. The molecule has 1 N–H and O–H groups in total. The molecule has 1 unspecified atom stereocenters. The number of hydrogen-bond donors (Lipinski definition) is 1. The Morgan fingerprint density at radius 1 is 1.33 bits per heavy atom. The van der Waals surface area contributed by atoms with Crippen LogP contribution in [-0.4, -0.2) is 53.7 Å². The second-order valence-electron chi connectivity index (χ2n) is 8.87. The van der Waals surface area contributed by atoms with Gasteiger partial charge in [0.1, 0.15) is 5.82 Å². The number of carboxylic acids is 1. The fraction of sp³-hybridized carbons (Fsp3) is 0.727. The van der Waals surface area contributed by atoms with Gasteiger partial charge < -0.3 is 14.9 Å². The minimum atomic E-state index is -0.585. The van der Waals surface area contributed by atoms with Crippen molar-refractivity contribution in [3.8, 4) is 0 Å². The molecular formula is C22H35N3O2. The van der Waals surface area contributed by atoms with E-state index in [2.05, 4.69) is 47.8 Å². The number of aromatic nitrogens is 1. The molecule has 1 aliphatic heterocycles. The van der Waals surface area contributed by atoms with Gasteiger partial charge in [0.25, 0.3) is 0 Å². The number of hydrogen-bond acceptors (Lipinski definition) is 4. The SMILES string of the molecule is CC(C)c1ccc(N2CCC(N(C)CCC3(C(=O)O)CCCCC3)C2)nc1. The Morgan fingerprint density at radius 3 is 2.67 bits per heavy atom. The van der Waals surface area contributed by atoms with Gasteiger partial charge >= 0.3 is 5.97 Å². The number of nitrogens with zero attached hydrogens (tertiary/aromatic N) is 3. The van der Waals surface area contributed by atoms with Crippen LogP contribution in [0.4, 0.5) is 5.82 Å². The Bertz CT molecular complexity index is 623. The Hall–Kier alpha value is -1.62. The van der Waals surface area contributed by atoms with Crippen molar-refractivity contribution in [2.45, 2.75) is 70.8 Å². The number of carboxylic acid groups (broad SMARTS) is 1. The minimum Gasteiger partial charge on any atom is -0.481 e. The van der Waals surface area contributed by atoms with Gasteiger partial charge in [-0.15, -0.1) is 0 Å². The highest BCUT2D eigenvalue weighted by atomic mass is 16.4. The molecule has 27 heavy (non-hydrogen) atoms. The zero-order valence-electron chi connectivity index (χ0n) is 17.2. The molecule has 1 aliphatic carbocycles. The van der Waals surface area contributed by atoms with Crippen molar-refractivity contribution >= 4 is 11.8 Å². The first-order chi connectivity index (χ1) is 12.9. The van der Waals surface area contributed by atoms with E-state index in [4.69, 9.17) is 0 Å². The summed E-state index contributed by atoms with van der Waals surface area (Å²) < 4.78 is 0. The third-order valence-electron chi connectivity index (χ3n) is 6.76. The van der Waals surface area contributed by atoms with Gasteiger partial charge in [0.2, 0.25) is 0 Å². The topological polar surface area (TPSA) is 56.7 Å². The summed E-state index contributed by atoms with van der Waals surface area (Å²) in [5, 5.41) is 9.78. The van der Waals surface area contributed by atoms with Crippen molar-refractivity contribution in [3.63, 3.8) is 0 Å². The van der Waals surface area contributed by atoms with Gasteiger partial charge in [-0.2, -0.15) is 0 Å². The highest BCUT2D eigenvalue weighted by Crippen LogP contribution is 2.40. The minimum absolute atomic E-state index is 0.478. The Kier molecular flexibility index (Phi) is 6.40. The monoisotopic (exact) mass is 373 g/mol. The number of pyridine rings is 1. The van der Waals surface area contributed by atoms with Gasteiger partial charge in [-0.1, -0.05) is 39.2 Å². The summed E-state index contributed by atoms with van der Waals surface area (Å²) in [6.45, 7) is 7.24. The number of anilines is 1. The third kappa shape index (κ3) is 4.63. The third-order valence-corrected chi connectivity index (χ3v) is 6.76. The summed E-state index contributed by atoms with van der Waals surface area (Å²) in [6.07, 6.45) is 8.89. The van der Waals surface area contributed by atoms with E-state index in [1.54, 1.807) is 0 Å². The molecule has 0 spiro atoms. The van der Waals surface area contributed by atoms with E-state index in [1.165, 1.54) is 12.0 Å². The average Bonchev–Trinajstić information content (AvgIpc) is 3.17. The van der Waals surface area contributed by atoms with Crippen molar-refractivity contribution in [2.75, 3.05) is 31.6 Å². The summed E-state index contributed by atoms with van der Waals surface area (Å²) in [5.41, 5.74) is 0.789. The van der Waals surface area contributed by atoms with Crippen LogP contribution in [0.15, 0.2) is 18.3 Å². The molecule has 3 rings (SSSR count). The van der Waals surface area contributed by atoms with Crippen LogP contribution in [0, 0.1) is 5.41 Å². The lowest BCUT2D eigenvalue weighted by Crippen LogP contribution is -2.40. The maximum Gasteiger partial charge on any atom is 0.309 e. The quantitative estimate of drug-likeness (QED) is 0.778. The van der Waals surface area contributed by atoms with E-state index in [0.29, 0.717) is 12.0 Å². The molecule has 0 aromatic carbocycles. The zero-order chi connectivity index (χ0) is 19.4. The van der Waals surface area contributed by atoms with E-state index < -0.39 is 11.4 Å². The van der Waals surface area contributed by atoms with Crippen LogP contribution in [0.3, 0.4) is 0 Å². The van der Waals surface area contributed by atoms with Gasteiger partial charge in [-0.25, -0.2) is 4.98 Å². The van der Waals surface area contributed by atoms with E-state index in [9.17, 15) is 9.90 Å². The van der Waals surface area contributed by atoms with Crippen molar-refractivity contribution < 1.29 is 9.90 Å². The van der Waals surface area contributed by atoms with Crippen LogP contribution < -0.4 is 4.90 Å². The second-order valence-corrected chi connectivity index (χ2v) is 8.87. The Morgan fingerprint density at radius 2 is 2.07 bits per heavy atom. The van der Waals surface area contributed by atoms with E-state index in [-0.39, 0.29) is 0 Å².